The number of aromatic nitrogens is 1. The molecule has 0 aromatic carbocycles. The van der Waals surface area contributed by atoms with Gasteiger partial charge in [-0.05, 0) is 20.4 Å². The largest absolute Gasteiger partial charge is 0.317 e. The molecule has 0 aliphatic carbocycles. The Bertz CT molecular complexity index is 426. The van der Waals surface area contributed by atoms with Crippen LogP contribution in [0.4, 0.5) is 0 Å². The van der Waals surface area contributed by atoms with Crippen molar-refractivity contribution in [2.24, 2.45) is 0 Å². The lowest BCUT2D eigenvalue weighted by atomic mass is 10.1. The van der Waals surface area contributed by atoms with Gasteiger partial charge in [0.1, 0.15) is 9.84 Å². The van der Waals surface area contributed by atoms with Gasteiger partial charge in [-0.2, -0.15) is 0 Å². The van der Waals surface area contributed by atoms with Gasteiger partial charge in [-0.15, -0.1) is 11.3 Å². The topological polar surface area (TPSA) is 59.1 Å². The highest BCUT2D eigenvalue weighted by Gasteiger charge is 2.12. The summed E-state index contributed by atoms with van der Waals surface area (Å²) in [5.74, 6) is 0.225. The van der Waals surface area contributed by atoms with E-state index in [1.807, 2.05) is 19.4 Å². The van der Waals surface area contributed by atoms with Crippen LogP contribution in [0.1, 0.15) is 17.1 Å². The van der Waals surface area contributed by atoms with E-state index >= 15 is 0 Å². The molecule has 0 aliphatic heterocycles. The summed E-state index contributed by atoms with van der Waals surface area (Å²) in [4.78, 5) is 4.37. The number of sulfone groups is 1. The Kier molecular flexibility index (Phi) is 4.89. The van der Waals surface area contributed by atoms with E-state index in [0.29, 0.717) is 6.42 Å². The Labute approximate surface area is 101 Å². The summed E-state index contributed by atoms with van der Waals surface area (Å²) in [6.07, 6.45) is 2.70. The number of rotatable bonds is 6. The van der Waals surface area contributed by atoms with Crippen molar-refractivity contribution in [3.8, 4) is 0 Å². The fourth-order valence-electron chi connectivity index (χ4n) is 1.41. The summed E-state index contributed by atoms with van der Waals surface area (Å²) in [5.41, 5.74) is 1.03. The van der Waals surface area contributed by atoms with Crippen LogP contribution in [-0.2, 0) is 16.3 Å². The third kappa shape index (κ3) is 5.05. The van der Waals surface area contributed by atoms with Crippen LogP contribution in [0.2, 0.25) is 0 Å². The molecule has 1 rings (SSSR count). The van der Waals surface area contributed by atoms with Gasteiger partial charge >= 0.3 is 0 Å². The second kappa shape index (κ2) is 5.75. The van der Waals surface area contributed by atoms with Gasteiger partial charge in [0.2, 0.25) is 0 Å². The van der Waals surface area contributed by atoms with Gasteiger partial charge in [-0.1, -0.05) is 0 Å². The van der Waals surface area contributed by atoms with Gasteiger partial charge in [-0.25, -0.2) is 13.4 Å². The predicted molar refractivity (Wildman–Crippen MR) is 67.7 cm³/mol. The van der Waals surface area contributed by atoms with Crippen molar-refractivity contribution >= 4 is 21.2 Å². The number of aryl methyl sites for hydroxylation is 1. The van der Waals surface area contributed by atoms with E-state index in [2.05, 4.69) is 10.3 Å². The van der Waals surface area contributed by atoms with Crippen LogP contribution < -0.4 is 5.32 Å². The average molecular weight is 262 g/mol. The van der Waals surface area contributed by atoms with Gasteiger partial charge in [0.05, 0.1) is 10.8 Å². The molecule has 0 fully saturated rings. The SMILES string of the molecule is CNC(CCS(C)(=O)=O)Cc1nc(C)cs1. The minimum Gasteiger partial charge on any atom is -0.317 e. The van der Waals surface area contributed by atoms with Gasteiger partial charge in [0.25, 0.3) is 0 Å². The molecule has 0 radical (unpaired) electrons. The van der Waals surface area contributed by atoms with Crippen LogP contribution in [0.3, 0.4) is 0 Å². The first-order chi connectivity index (χ1) is 7.40. The lowest BCUT2D eigenvalue weighted by Gasteiger charge is -2.13. The number of thiazole rings is 1. The predicted octanol–water partition coefficient (Wildman–Crippen LogP) is 1.02. The van der Waals surface area contributed by atoms with Crippen LogP contribution in [-0.4, -0.2) is 38.5 Å². The first kappa shape index (κ1) is 13.6. The molecule has 0 saturated heterocycles. The molecule has 1 unspecified atom stereocenters. The third-order valence-electron chi connectivity index (χ3n) is 2.33. The molecule has 16 heavy (non-hydrogen) atoms. The third-order valence-corrected chi connectivity index (χ3v) is 4.30. The second-order valence-electron chi connectivity index (χ2n) is 3.99. The zero-order chi connectivity index (χ0) is 12.2. The zero-order valence-electron chi connectivity index (χ0n) is 9.86. The van der Waals surface area contributed by atoms with Crippen molar-refractivity contribution in [3.63, 3.8) is 0 Å². The molecule has 1 heterocycles. The zero-order valence-corrected chi connectivity index (χ0v) is 11.5. The number of hydrogen-bond acceptors (Lipinski definition) is 5. The Hall–Kier alpha value is -0.460. The van der Waals surface area contributed by atoms with Crippen LogP contribution in [0.25, 0.3) is 0 Å². The molecule has 4 nitrogen and oxygen atoms in total. The minimum atomic E-state index is -2.87. The maximum atomic E-state index is 11.1. The van der Waals surface area contributed by atoms with Crippen LogP contribution in [0.5, 0.6) is 0 Å². The highest BCUT2D eigenvalue weighted by Crippen LogP contribution is 2.12. The molecule has 0 aliphatic rings. The van der Waals surface area contributed by atoms with E-state index in [1.54, 1.807) is 11.3 Å². The first-order valence-corrected chi connectivity index (χ1v) is 8.10. The maximum absolute atomic E-state index is 11.1. The second-order valence-corrected chi connectivity index (χ2v) is 7.19. The van der Waals surface area contributed by atoms with E-state index in [1.165, 1.54) is 6.26 Å². The average Bonchev–Trinajstić information content (AvgIpc) is 2.57. The summed E-state index contributed by atoms with van der Waals surface area (Å²) in [5, 5.41) is 6.21. The highest BCUT2D eigenvalue weighted by molar-refractivity contribution is 7.90. The fraction of sp³-hybridized carbons (Fsp3) is 0.700. The number of nitrogens with one attached hydrogen (secondary N) is 1. The van der Waals surface area contributed by atoms with Crippen LogP contribution in [0, 0.1) is 6.92 Å². The van der Waals surface area contributed by atoms with Gasteiger partial charge in [0.15, 0.2) is 0 Å². The van der Waals surface area contributed by atoms with Crippen molar-refractivity contribution < 1.29 is 8.42 Å². The quantitative estimate of drug-likeness (QED) is 0.831. The molecule has 1 aromatic heterocycles. The smallest absolute Gasteiger partial charge is 0.147 e. The fourth-order valence-corrected chi connectivity index (χ4v) is 2.98. The monoisotopic (exact) mass is 262 g/mol. The van der Waals surface area contributed by atoms with Crippen LogP contribution in [0.15, 0.2) is 5.38 Å². The highest BCUT2D eigenvalue weighted by atomic mass is 32.2. The van der Waals surface area contributed by atoms with Gasteiger partial charge in [0, 0.05) is 29.8 Å². The van der Waals surface area contributed by atoms with Gasteiger partial charge in [-0.3, -0.25) is 0 Å². The summed E-state index contributed by atoms with van der Waals surface area (Å²) in [7, 11) is -1.02. The standard InChI is InChI=1S/C10H18N2O2S2/c1-8-7-15-10(12-8)6-9(11-2)4-5-16(3,13)14/h7,9,11H,4-6H2,1-3H3. The van der Waals surface area contributed by atoms with Crippen molar-refractivity contribution in [1.82, 2.24) is 10.3 Å². The van der Waals surface area contributed by atoms with Crippen molar-refractivity contribution in [3.05, 3.63) is 16.1 Å². The molecule has 0 bridgehead atoms. The molecular formula is C10H18N2O2S2. The first-order valence-electron chi connectivity index (χ1n) is 5.16. The van der Waals surface area contributed by atoms with E-state index < -0.39 is 9.84 Å². The maximum Gasteiger partial charge on any atom is 0.147 e. The number of hydrogen-bond donors (Lipinski definition) is 1. The normalized spacial score (nSPS) is 13.9. The summed E-state index contributed by atoms with van der Waals surface area (Å²) >= 11 is 1.63. The Morgan fingerprint density at radius 3 is 2.69 bits per heavy atom. The van der Waals surface area contributed by atoms with Crippen molar-refractivity contribution in [2.45, 2.75) is 25.8 Å². The molecular weight excluding hydrogens is 244 g/mol. The Morgan fingerprint density at radius 2 is 2.25 bits per heavy atom. The number of nitrogens with zero attached hydrogens (tertiary/aromatic N) is 1. The van der Waals surface area contributed by atoms with E-state index in [-0.39, 0.29) is 11.8 Å². The Morgan fingerprint density at radius 1 is 1.56 bits per heavy atom. The summed E-state index contributed by atoms with van der Waals surface area (Å²) in [6.45, 7) is 1.96. The summed E-state index contributed by atoms with van der Waals surface area (Å²) in [6, 6.07) is 0.181. The lowest BCUT2D eigenvalue weighted by Crippen LogP contribution is -2.29. The molecule has 0 saturated carbocycles. The van der Waals surface area contributed by atoms with Gasteiger partial charge < -0.3 is 5.32 Å². The van der Waals surface area contributed by atoms with E-state index in [0.717, 1.165) is 17.1 Å². The van der Waals surface area contributed by atoms with Crippen molar-refractivity contribution in [1.29, 1.82) is 0 Å². The molecule has 0 amide bonds. The molecule has 1 atom stereocenters. The van der Waals surface area contributed by atoms with E-state index in [9.17, 15) is 8.42 Å². The van der Waals surface area contributed by atoms with Crippen LogP contribution >= 0.6 is 11.3 Å². The Balaban J connectivity index is 2.49. The molecule has 0 spiro atoms. The minimum absolute atomic E-state index is 0.181. The number of likely N-dealkylation sites (N-methyl/N-ethyl adjacent to an activating group) is 1. The van der Waals surface area contributed by atoms with Crippen molar-refractivity contribution in [2.75, 3.05) is 19.1 Å². The summed E-state index contributed by atoms with van der Waals surface area (Å²) < 4.78 is 22.1. The molecule has 1 aromatic rings. The van der Waals surface area contributed by atoms with E-state index in [4.69, 9.17) is 0 Å². The molecule has 6 heteroatoms. The molecule has 1 N–H and O–H groups in total. The lowest BCUT2D eigenvalue weighted by molar-refractivity contribution is 0.533. The molecule has 92 valence electrons.